The second-order valence-electron chi connectivity index (χ2n) is 5.63. The van der Waals surface area contributed by atoms with Crippen molar-refractivity contribution in [2.24, 2.45) is 5.41 Å². The van der Waals surface area contributed by atoms with Crippen molar-refractivity contribution in [2.45, 2.75) is 26.8 Å². The summed E-state index contributed by atoms with van der Waals surface area (Å²) in [4.78, 5) is 37.8. The summed E-state index contributed by atoms with van der Waals surface area (Å²) in [6.07, 6.45) is 0. The van der Waals surface area contributed by atoms with Crippen molar-refractivity contribution in [2.75, 3.05) is 25.2 Å². The molecular weight excluding hydrogens is 268 g/mol. The number of hydrogen-bond acceptors (Lipinski definition) is 4. The Bertz CT molecular complexity index is 392. The van der Waals surface area contributed by atoms with E-state index in [1.54, 1.807) is 25.7 Å². The third-order valence-electron chi connectivity index (χ3n) is 2.82. The minimum atomic E-state index is -1.06. The standard InChI is InChI=1S/C12H20N2O4S/c1-12(2,3)11(18)14-7-19-6-8(14)10(17)13(4)5-9(15)16/h8H,5-7H2,1-4H3,(H,15,16). The molecule has 1 unspecified atom stereocenters. The number of carbonyl (C=O) groups excluding carboxylic acids is 2. The van der Waals surface area contributed by atoms with Crippen LogP contribution in [-0.2, 0) is 14.4 Å². The van der Waals surface area contributed by atoms with Crippen molar-refractivity contribution in [3.63, 3.8) is 0 Å². The van der Waals surface area contributed by atoms with E-state index in [0.717, 1.165) is 4.90 Å². The number of hydrogen-bond donors (Lipinski definition) is 1. The first kappa shape index (κ1) is 15.8. The Morgan fingerprint density at radius 3 is 2.42 bits per heavy atom. The summed E-state index contributed by atoms with van der Waals surface area (Å²) in [5.41, 5.74) is -0.547. The number of amides is 2. The number of likely N-dealkylation sites (N-methyl/N-ethyl adjacent to an activating group) is 1. The van der Waals surface area contributed by atoms with Crippen LogP contribution in [0.25, 0.3) is 0 Å². The summed E-state index contributed by atoms with van der Waals surface area (Å²) in [5.74, 6) is -0.460. The molecule has 0 aromatic rings. The molecule has 1 aliphatic rings. The lowest BCUT2D eigenvalue weighted by Crippen LogP contribution is -2.51. The first-order chi connectivity index (χ1) is 8.64. The minimum absolute atomic E-state index is 0.0837. The van der Waals surface area contributed by atoms with Gasteiger partial charge in [-0.25, -0.2) is 0 Å². The molecule has 0 bridgehead atoms. The van der Waals surface area contributed by atoms with Gasteiger partial charge in [0.1, 0.15) is 12.6 Å². The van der Waals surface area contributed by atoms with Crippen LogP contribution in [-0.4, -0.2) is 64.0 Å². The van der Waals surface area contributed by atoms with E-state index in [1.165, 1.54) is 18.8 Å². The van der Waals surface area contributed by atoms with Gasteiger partial charge in [0.2, 0.25) is 11.8 Å². The molecule has 1 heterocycles. The molecule has 108 valence electrons. The normalized spacial score (nSPS) is 19.4. The predicted octanol–water partition coefficient (Wildman–Crippen LogP) is 0.477. The van der Waals surface area contributed by atoms with Crippen LogP contribution in [0.5, 0.6) is 0 Å². The van der Waals surface area contributed by atoms with Crippen molar-refractivity contribution in [1.29, 1.82) is 0 Å². The number of rotatable bonds is 3. The quantitative estimate of drug-likeness (QED) is 0.817. The van der Waals surface area contributed by atoms with Gasteiger partial charge in [0, 0.05) is 18.2 Å². The molecule has 6 nitrogen and oxygen atoms in total. The molecule has 7 heteroatoms. The highest BCUT2D eigenvalue weighted by molar-refractivity contribution is 7.99. The van der Waals surface area contributed by atoms with Gasteiger partial charge in [-0.2, -0.15) is 0 Å². The van der Waals surface area contributed by atoms with Crippen LogP contribution >= 0.6 is 11.8 Å². The van der Waals surface area contributed by atoms with E-state index in [4.69, 9.17) is 5.11 Å². The van der Waals surface area contributed by atoms with E-state index in [0.29, 0.717) is 11.6 Å². The SMILES string of the molecule is CN(CC(=O)O)C(=O)C1CSCN1C(=O)C(C)(C)C. The van der Waals surface area contributed by atoms with Crippen LogP contribution in [0.3, 0.4) is 0 Å². The van der Waals surface area contributed by atoms with Gasteiger partial charge < -0.3 is 14.9 Å². The molecule has 0 spiro atoms. The molecule has 1 fully saturated rings. The molecule has 1 saturated heterocycles. The van der Waals surface area contributed by atoms with Crippen LogP contribution in [0, 0.1) is 5.41 Å². The molecule has 1 N–H and O–H groups in total. The maximum atomic E-state index is 12.3. The fraction of sp³-hybridized carbons (Fsp3) is 0.750. The highest BCUT2D eigenvalue weighted by atomic mass is 32.2. The maximum Gasteiger partial charge on any atom is 0.323 e. The van der Waals surface area contributed by atoms with Gasteiger partial charge >= 0.3 is 5.97 Å². The van der Waals surface area contributed by atoms with Crippen LogP contribution in [0.1, 0.15) is 20.8 Å². The van der Waals surface area contributed by atoms with E-state index in [1.807, 2.05) is 0 Å². The number of aliphatic carboxylic acids is 1. The maximum absolute atomic E-state index is 12.3. The summed E-state index contributed by atoms with van der Waals surface area (Å²) in [5, 5.41) is 8.70. The van der Waals surface area contributed by atoms with Crippen molar-refractivity contribution >= 4 is 29.5 Å². The molecule has 1 rings (SSSR count). The summed E-state index contributed by atoms with van der Waals surface area (Å²) in [6, 6.07) is -0.555. The summed E-state index contributed by atoms with van der Waals surface area (Å²) in [6.45, 7) is 5.07. The van der Waals surface area contributed by atoms with Crippen LogP contribution in [0.4, 0.5) is 0 Å². The van der Waals surface area contributed by atoms with Crippen molar-refractivity contribution in [3.05, 3.63) is 0 Å². The zero-order valence-corrected chi connectivity index (χ0v) is 12.5. The van der Waals surface area contributed by atoms with E-state index >= 15 is 0 Å². The zero-order chi connectivity index (χ0) is 14.8. The number of thioether (sulfide) groups is 1. The van der Waals surface area contributed by atoms with Crippen molar-refractivity contribution in [3.8, 4) is 0 Å². The first-order valence-electron chi connectivity index (χ1n) is 6.00. The highest BCUT2D eigenvalue weighted by Crippen LogP contribution is 2.28. The van der Waals surface area contributed by atoms with Crippen molar-refractivity contribution in [1.82, 2.24) is 9.80 Å². The van der Waals surface area contributed by atoms with Gasteiger partial charge in [0.15, 0.2) is 0 Å². The number of nitrogens with zero attached hydrogens (tertiary/aromatic N) is 2. The lowest BCUT2D eigenvalue weighted by atomic mass is 9.94. The van der Waals surface area contributed by atoms with E-state index < -0.39 is 17.4 Å². The van der Waals surface area contributed by atoms with Crippen LogP contribution in [0.2, 0.25) is 0 Å². The summed E-state index contributed by atoms with van der Waals surface area (Å²) in [7, 11) is 1.44. The van der Waals surface area contributed by atoms with Gasteiger partial charge in [0.05, 0.1) is 5.88 Å². The fourth-order valence-electron chi connectivity index (χ4n) is 1.81. The second kappa shape index (κ2) is 5.81. The highest BCUT2D eigenvalue weighted by Gasteiger charge is 2.40. The lowest BCUT2D eigenvalue weighted by Gasteiger charge is -2.31. The number of carbonyl (C=O) groups is 3. The largest absolute Gasteiger partial charge is 0.480 e. The van der Waals surface area contributed by atoms with Gasteiger partial charge in [-0.15, -0.1) is 11.8 Å². The molecule has 0 radical (unpaired) electrons. The van der Waals surface area contributed by atoms with Crippen molar-refractivity contribution < 1.29 is 19.5 Å². The lowest BCUT2D eigenvalue weighted by molar-refractivity contribution is -0.150. The second-order valence-corrected chi connectivity index (χ2v) is 6.63. The van der Waals surface area contributed by atoms with E-state index in [9.17, 15) is 14.4 Å². The fourth-order valence-corrected chi connectivity index (χ4v) is 2.96. The smallest absolute Gasteiger partial charge is 0.323 e. The Balaban J connectivity index is 2.79. The van der Waals surface area contributed by atoms with Gasteiger partial charge in [-0.05, 0) is 0 Å². The molecule has 1 atom stereocenters. The number of carboxylic acids is 1. The third kappa shape index (κ3) is 3.86. The summed E-state index contributed by atoms with van der Waals surface area (Å²) >= 11 is 1.51. The average Bonchev–Trinajstić information content (AvgIpc) is 2.73. The molecule has 0 aromatic carbocycles. The molecule has 19 heavy (non-hydrogen) atoms. The Labute approximate surface area is 117 Å². The van der Waals surface area contributed by atoms with Gasteiger partial charge in [-0.1, -0.05) is 20.8 Å². The van der Waals surface area contributed by atoms with Crippen LogP contribution in [0.15, 0.2) is 0 Å². The third-order valence-corrected chi connectivity index (χ3v) is 3.83. The molecule has 2 amide bonds. The molecule has 0 aromatic heterocycles. The Hall–Kier alpha value is -1.24. The Kier molecular flexibility index (Phi) is 4.84. The molecule has 0 aliphatic carbocycles. The Morgan fingerprint density at radius 2 is 1.95 bits per heavy atom. The molecular formula is C12H20N2O4S. The summed E-state index contributed by atoms with van der Waals surface area (Å²) < 4.78 is 0. The number of carboxylic acid groups (broad SMARTS) is 1. The monoisotopic (exact) mass is 288 g/mol. The van der Waals surface area contributed by atoms with Gasteiger partial charge in [-0.3, -0.25) is 14.4 Å². The average molecular weight is 288 g/mol. The van der Waals surface area contributed by atoms with Gasteiger partial charge in [0.25, 0.3) is 0 Å². The van der Waals surface area contributed by atoms with E-state index in [-0.39, 0.29) is 18.4 Å². The Morgan fingerprint density at radius 1 is 1.37 bits per heavy atom. The minimum Gasteiger partial charge on any atom is -0.480 e. The zero-order valence-electron chi connectivity index (χ0n) is 11.7. The van der Waals surface area contributed by atoms with E-state index in [2.05, 4.69) is 0 Å². The van der Waals surface area contributed by atoms with Crippen LogP contribution < -0.4 is 0 Å². The first-order valence-corrected chi connectivity index (χ1v) is 7.15. The molecule has 0 saturated carbocycles. The topological polar surface area (TPSA) is 77.9 Å². The predicted molar refractivity (Wildman–Crippen MR) is 72.7 cm³/mol. The molecule has 1 aliphatic heterocycles.